The van der Waals surface area contributed by atoms with Crippen LogP contribution in [0.1, 0.15) is 11.5 Å². The molecule has 0 radical (unpaired) electrons. The fraction of sp³-hybridized carbons (Fsp3) is 0.667. The minimum Gasteiger partial charge on any atom is -0.490 e. The van der Waals surface area contributed by atoms with Crippen LogP contribution in [0.15, 0.2) is 4.42 Å². The Kier molecular flexibility index (Phi) is 4.84. The fourth-order valence-electron chi connectivity index (χ4n) is 1.69. The maximum atomic E-state index is 5.82. The molecule has 1 aromatic heterocycles. The first-order chi connectivity index (χ1) is 7.99. The average molecular weight is 242 g/mol. The van der Waals surface area contributed by atoms with E-state index in [1.807, 2.05) is 38.0 Å². The Hall–Kier alpha value is -1.20. The van der Waals surface area contributed by atoms with Crippen molar-refractivity contribution in [3.63, 3.8) is 0 Å². The van der Waals surface area contributed by atoms with E-state index in [2.05, 4.69) is 0 Å². The highest BCUT2D eigenvalue weighted by Crippen LogP contribution is 2.38. The lowest BCUT2D eigenvalue weighted by atomic mass is 10.3. The number of hydrogen-bond donors (Lipinski definition) is 0. The second-order valence-electron chi connectivity index (χ2n) is 4.49. The molecule has 17 heavy (non-hydrogen) atoms. The van der Waals surface area contributed by atoms with Gasteiger partial charge in [-0.3, -0.25) is 0 Å². The van der Waals surface area contributed by atoms with E-state index in [1.54, 1.807) is 14.2 Å². The van der Waals surface area contributed by atoms with Crippen molar-refractivity contribution < 1.29 is 13.9 Å². The molecule has 0 aliphatic carbocycles. The van der Waals surface area contributed by atoms with Crippen LogP contribution >= 0.6 is 0 Å². The lowest BCUT2D eigenvalue weighted by Gasteiger charge is -2.08. The molecule has 0 aliphatic heterocycles. The minimum absolute atomic E-state index is 0.687. The molecule has 0 aliphatic rings. The number of ether oxygens (including phenoxy) is 2. The first-order valence-electron chi connectivity index (χ1n) is 5.51. The molecular formula is C12H22N2O3. The smallest absolute Gasteiger partial charge is 0.204 e. The average Bonchev–Trinajstić information content (AvgIpc) is 2.52. The Morgan fingerprint density at radius 3 is 1.41 bits per heavy atom. The Morgan fingerprint density at radius 1 is 0.824 bits per heavy atom. The van der Waals surface area contributed by atoms with Gasteiger partial charge in [-0.15, -0.1) is 0 Å². The zero-order valence-corrected chi connectivity index (χ0v) is 11.5. The van der Waals surface area contributed by atoms with Crippen LogP contribution in [0, 0.1) is 0 Å². The van der Waals surface area contributed by atoms with Crippen molar-refractivity contribution in [3.05, 3.63) is 11.5 Å². The highest BCUT2D eigenvalue weighted by molar-refractivity contribution is 5.46. The van der Waals surface area contributed by atoms with Gasteiger partial charge in [-0.05, 0) is 28.2 Å². The van der Waals surface area contributed by atoms with Gasteiger partial charge >= 0.3 is 0 Å². The van der Waals surface area contributed by atoms with Gasteiger partial charge in [-0.2, -0.15) is 0 Å². The van der Waals surface area contributed by atoms with E-state index in [4.69, 9.17) is 13.9 Å². The Balaban J connectivity index is 3.09. The van der Waals surface area contributed by atoms with Gasteiger partial charge in [0.1, 0.15) is 0 Å². The lowest BCUT2D eigenvalue weighted by molar-refractivity contribution is 0.297. The number of rotatable bonds is 6. The summed E-state index contributed by atoms with van der Waals surface area (Å²) in [5.41, 5.74) is 0. The van der Waals surface area contributed by atoms with Crippen LogP contribution in [0.5, 0.6) is 11.5 Å². The third-order valence-corrected chi connectivity index (χ3v) is 2.29. The molecule has 1 aromatic rings. The zero-order chi connectivity index (χ0) is 13.0. The van der Waals surface area contributed by atoms with Gasteiger partial charge in [0.05, 0.1) is 27.3 Å². The van der Waals surface area contributed by atoms with Crippen LogP contribution < -0.4 is 9.47 Å². The Labute approximate surface area is 103 Å². The summed E-state index contributed by atoms with van der Waals surface area (Å²) >= 11 is 0. The van der Waals surface area contributed by atoms with Crippen LogP contribution in [0.3, 0.4) is 0 Å². The molecular weight excluding hydrogens is 220 g/mol. The molecule has 1 heterocycles. The molecule has 0 unspecified atom stereocenters. The van der Waals surface area contributed by atoms with E-state index < -0.39 is 0 Å². The van der Waals surface area contributed by atoms with Crippen LogP contribution in [0.4, 0.5) is 0 Å². The number of methoxy groups -OCH3 is 2. The van der Waals surface area contributed by atoms with Gasteiger partial charge in [0, 0.05) is 0 Å². The summed E-state index contributed by atoms with van der Waals surface area (Å²) in [5.74, 6) is 2.98. The number of nitrogens with zero attached hydrogens (tertiary/aromatic N) is 2. The molecule has 1 rings (SSSR count). The Bertz CT molecular complexity index is 326. The summed E-state index contributed by atoms with van der Waals surface area (Å²) in [6.07, 6.45) is 0. The normalized spacial score (nSPS) is 11.3. The van der Waals surface area contributed by atoms with Gasteiger partial charge < -0.3 is 23.7 Å². The van der Waals surface area contributed by atoms with Crippen molar-refractivity contribution in [1.29, 1.82) is 0 Å². The van der Waals surface area contributed by atoms with E-state index in [0.717, 1.165) is 11.5 Å². The van der Waals surface area contributed by atoms with E-state index in [1.165, 1.54) is 0 Å². The van der Waals surface area contributed by atoms with Gasteiger partial charge in [-0.1, -0.05) is 0 Å². The summed E-state index contributed by atoms with van der Waals surface area (Å²) in [6, 6.07) is 0. The van der Waals surface area contributed by atoms with Crippen LogP contribution in [-0.2, 0) is 13.1 Å². The molecule has 0 amide bonds. The summed E-state index contributed by atoms with van der Waals surface area (Å²) < 4.78 is 16.5. The lowest BCUT2D eigenvalue weighted by Crippen LogP contribution is -2.11. The maximum Gasteiger partial charge on any atom is 0.204 e. The van der Waals surface area contributed by atoms with E-state index >= 15 is 0 Å². The monoisotopic (exact) mass is 242 g/mol. The third-order valence-electron chi connectivity index (χ3n) is 2.29. The van der Waals surface area contributed by atoms with Crippen molar-refractivity contribution in [3.8, 4) is 11.5 Å². The Morgan fingerprint density at radius 2 is 1.18 bits per heavy atom. The largest absolute Gasteiger partial charge is 0.490 e. The zero-order valence-electron chi connectivity index (χ0n) is 11.5. The summed E-state index contributed by atoms with van der Waals surface area (Å²) in [7, 11) is 11.2. The second kappa shape index (κ2) is 5.93. The van der Waals surface area contributed by atoms with Crippen molar-refractivity contribution in [2.75, 3.05) is 42.4 Å². The van der Waals surface area contributed by atoms with E-state index in [-0.39, 0.29) is 0 Å². The SMILES string of the molecule is COc1c(CN(C)C)oc(CN(C)C)c1OC. The quantitative estimate of drug-likeness (QED) is 0.754. The molecule has 0 aromatic carbocycles. The predicted molar refractivity (Wildman–Crippen MR) is 66.6 cm³/mol. The second-order valence-corrected chi connectivity index (χ2v) is 4.49. The molecule has 5 heteroatoms. The number of furan rings is 1. The molecule has 0 atom stereocenters. The first-order valence-corrected chi connectivity index (χ1v) is 5.51. The molecule has 0 N–H and O–H groups in total. The minimum atomic E-state index is 0.687. The van der Waals surface area contributed by atoms with Gasteiger partial charge in [0.2, 0.25) is 11.5 Å². The topological polar surface area (TPSA) is 38.1 Å². The van der Waals surface area contributed by atoms with Crippen molar-refractivity contribution in [2.45, 2.75) is 13.1 Å². The highest BCUT2D eigenvalue weighted by Gasteiger charge is 2.22. The molecule has 5 nitrogen and oxygen atoms in total. The molecule has 0 spiro atoms. The van der Waals surface area contributed by atoms with Crippen molar-refractivity contribution in [2.24, 2.45) is 0 Å². The predicted octanol–water partition coefficient (Wildman–Crippen LogP) is 1.42. The number of hydrogen-bond acceptors (Lipinski definition) is 5. The van der Waals surface area contributed by atoms with Crippen LogP contribution in [-0.4, -0.2) is 52.2 Å². The first kappa shape index (κ1) is 13.9. The van der Waals surface area contributed by atoms with E-state index in [0.29, 0.717) is 24.6 Å². The van der Waals surface area contributed by atoms with Crippen molar-refractivity contribution >= 4 is 0 Å². The van der Waals surface area contributed by atoms with Gasteiger partial charge in [-0.25, -0.2) is 0 Å². The molecule has 0 saturated heterocycles. The van der Waals surface area contributed by atoms with E-state index in [9.17, 15) is 0 Å². The maximum absolute atomic E-state index is 5.82. The molecule has 0 fully saturated rings. The molecule has 98 valence electrons. The summed E-state index contributed by atoms with van der Waals surface area (Å²) in [6.45, 7) is 1.37. The highest BCUT2D eigenvalue weighted by atomic mass is 16.5. The standard InChI is InChI=1S/C12H22N2O3/c1-13(2)7-9-11(15-5)12(16-6)10(17-9)8-14(3)4/h7-8H2,1-6H3. The van der Waals surface area contributed by atoms with Crippen molar-refractivity contribution in [1.82, 2.24) is 9.80 Å². The van der Waals surface area contributed by atoms with Crippen LogP contribution in [0.25, 0.3) is 0 Å². The van der Waals surface area contributed by atoms with Gasteiger partial charge in [0.15, 0.2) is 11.5 Å². The molecule has 0 bridgehead atoms. The van der Waals surface area contributed by atoms with Crippen LogP contribution in [0.2, 0.25) is 0 Å². The molecule has 0 saturated carbocycles. The van der Waals surface area contributed by atoms with Gasteiger partial charge in [0.25, 0.3) is 0 Å². The summed E-state index contributed by atoms with van der Waals surface area (Å²) in [5, 5.41) is 0. The third kappa shape index (κ3) is 3.38. The summed E-state index contributed by atoms with van der Waals surface area (Å²) in [4.78, 5) is 4.06. The fourth-order valence-corrected chi connectivity index (χ4v) is 1.69.